The number of nitrogens with zero attached hydrogens (tertiary/aromatic N) is 1. The van der Waals surface area contributed by atoms with Crippen LogP contribution in [0.3, 0.4) is 0 Å². The SMILES string of the molecule is C=C(O)[C@@H]1COCCNC(=O)c2cncc(c2)COc2cc(OCc3cccc(-c4ccccc4)c3C)c(Cl)cc2CN1. The Morgan fingerprint density at radius 1 is 1.12 bits per heavy atom. The lowest BCUT2D eigenvalue weighted by molar-refractivity contribution is 0.0881. The second-order valence-corrected chi connectivity index (χ2v) is 10.7. The van der Waals surface area contributed by atoms with Crippen LogP contribution in [0.25, 0.3) is 11.1 Å². The number of aromatic nitrogens is 1. The van der Waals surface area contributed by atoms with Crippen LogP contribution in [-0.4, -0.2) is 41.8 Å². The number of ether oxygens (including phenoxy) is 3. The molecule has 2 heterocycles. The maximum Gasteiger partial charge on any atom is 0.252 e. The van der Waals surface area contributed by atoms with Crippen molar-refractivity contribution in [2.45, 2.75) is 32.7 Å². The van der Waals surface area contributed by atoms with E-state index in [-0.39, 0.29) is 31.5 Å². The standard InChI is InChI=1S/C34H34ClN3O5/c1-22-26(9-6-10-29(22)25-7-4-3-5-8-25)20-43-33-15-32-27(14-30(33)35)18-38-31(23(2)39)21-41-12-11-37-34(40)28-13-24(19-42-32)16-36-17-28/h3-10,13-17,31,38-39H,2,11-12,18-21H2,1H3,(H,37,40)/t31-/m0/s1. The lowest BCUT2D eigenvalue weighted by Gasteiger charge is -2.21. The first kappa shape index (κ1) is 30.1. The molecule has 43 heavy (non-hydrogen) atoms. The average molecular weight is 600 g/mol. The van der Waals surface area contributed by atoms with Gasteiger partial charge in [-0.25, -0.2) is 0 Å². The molecule has 3 aromatic carbocycles. The quantitative estimate of drug-likeness (QED) is 0.236. The Balaban J connectivity index is 1.41. The Kier molecular flexibility index (Phi) is 9.94. The Hall–Kier alpha value is -4.37. The van der Waals surface area contributed by atoms with Crippen LogP contribution in [0, 0.1) is 6.92 Å². The molecule has 2 bridgehead atoms. The molecule has 1 atom stereocenters. The van der Waals surface area contributed by atoms with Crippen molar-refractivity contribution >= 4 is 17.5 Å². The molecular formula is C34H34ClN3O5. The molecule has 0 saturated carbocycles. The maximum atomic E-state index is 12.6. The van der Waals surface area contributed by atoms with Crippen molar-refractivity contribution < 1.29 is 24.1 Å². The van der Waals surface area contributed by atoms with Gasteiger partial charge in [0, 0.05) is 42.7 Å². The number of pyridine rings is 1. The molecule has 0 aliphatic carbocycles. The molecule has 9 heteroatoms. The van der Waals surface area contributed by atoms with Gasteiger partial charge in [0.2, 0.25) is 0 Å². The molecule has 1 aromatic heterocycles. The molecule has 0 radical (unpaired) electrons. The number of carbonyl (C=O) groups is 1. The van der Waals surface area contributed by atoms with Gasteiger partial charge in [-0.15, -0.1) is 0 Å². The molecule has 222 valence electrons. The number of halogens is 1. The van der Waals surface area contributed by atoms with Crippen molar-refractivity contribution in [3.05, 3.63) is 124 Å². The van der Waals surface area contributed by atoms with Crippen molar-refractivity contribution in [2.75, 3.05) is 19.8 Å². The monoisotopic (exact) mass is 599 g/mol. The van der Waals surface area contributed by atoms with Crippen LogP contribution < -0.4 is 20.1 Å². The molecule has 1 aliphatic heterocycles. The Morgan fingerprint density at radius 3 is 2.77 bits per heavy atom. The summed E-state index contributed by atoms with van der Waals surface area (Å²) in [7, 11) is 0. The van der Waals surface area contributed by atoms with E-state index in [1.54, 1.807) is 24.4 Å². The van der Waals surface area contributed by atoms with Crippen molar-refractivity contribution in [2.24, 2.45) is 0 Å². The van der Waals surface area contributed by atoms with Crippen LogP contribution in [0.4, 0.5) is 0 Å². The van der Waals surface area contributed by atoms with Crippen LogP contribution >= 0.6 is 11.6 Å². The van der Waals surface area contributed by atoms with Crippen LogP contribution in [-0.2, 0) is 24.5 Å². The Labute approximate surface area is 256 Å². The second kappa shape index (κ2) is 14.2. The molecule has 0 saturated heterocycles. The van der Waals surface area contributed by atoms with E-state index in [9.17, 15) is 9.90 Å². The normalized spacial score (nSPS) is 16.0. The van der Waals surface area contributed by atoms with Gasteiger partial charge in [0.1, 0.15) is 30.5 Å². The molecule has 4 aromatic rings. The highest BCUT2D eigenvalue weighted by molar-refractivity contribution is 6.32. The molecular weight excluding hydrogens is 566 g/mol. The summed E-state index contributed by atoms with van der Waals surface area (Å²) in [4.78, 5) is 16.8. The van der Waals surface area contributed by atoms with Crippen molar-refractivity contribution in [3.63, 3.8) is 0 Å². The summed E-state index contributed by atoms with van der Waals surface area (Å²) in [5.74, 6) is 0.678. The van der Waals surface area contributed by atoms with Crippen LogP contribution in [0.2, 0.25) is 5.02 Å². The molecule has 0 unspecified atom stereocenters. The summed E-state index contributed by atoms with van der Waals surface area (Å²) < 4.78 is 18.2. The van der Waals surface area contributed by atoms with E-state index < -0.39 is 6.04 Å². The second-order valence-electron chi connectivity index (χ2n) is 10.3. The van der Waals surface area contributed by atoms with Crippen molar-refractivity contribution in [1.82, 2.24) is 15.6 Å². The summed E-state index contributed by atoms with van der Waals surface area (Å²) >= 11 is 6.72. The highest BCUT2D eigenvalue weighted by Gasteiger charge is 2.18. The summed E-state index contributed by atoms with van der Waals surface area (Å²) in [6.07, 6.45) is 3.16. The maximum absolute atomic E-state index is 12.6. The van der Waals surface area contributed by atoms with Gasteiger partial charge in [-0.1, -0.05) is 66.7 Å². The van der Waals surface area contributed by atoms with Gasteiger partial charge in [0.15, 0.2) is 0 Å². The zero-order valence-corrected chi connectivity index (χ0v) is 24.7. The zero-order valence-electron chi connectivity index (χ0n) is 23.9. The van der Waals surface area contributed by atoms with E-state index in [2.05, 4.69) is 47.3 Å². The molecule has 1 aliphatic rings. The zero-order chi connectivity index (χ0) is 30.2. The number of hydrogen-bond acceptors (Lipinski definition) is 7. The van der Waals surface area contributed by atoms with Gasteiger partial charge in [-0.05, 0) is 41.3 Å². The lowest BCUT2D eigenvalue weighted by atomic mass is 9.97. The fourth-order valence-electron chi connectivity index (χ4n) is 4.78. The van der Waals surface area contributed by atoms with E-state index in [1.807, 2.05) is 30.3 Å². The number of hydrogen-bond donors (Lipinski definition) is 3. The van der Waals surface area contributed by atoms with E-state index in [4.69, 9.17) is 25.8 Å². The van der Waals surface area contributed by atoms with Gasteiger partial charge in [0.05, 0.1) is 29.8 Å². The number of aliphatic hydroxyl groups excluding tert-OH is 1. The summed E-state index contributed by atoms with van der Waals surface area (Å²) in [5.41, 5.74) is 6.35. The molecule has 0 fully saturated rings. The fourth-order valence-corrected chi connectivity index (χ4v) is 5.02. The first-order chi connectivity index (χ1) is 20.9. The minimum Gasteiger partial charge on any atom is -0.511 e. The molecule has 0 spiro atoms. The molecule has 8 nitrogen and oxygen atoms in total. The highest BCUT2D eigenvalue weighted by Crippen LogP contribution is 2.35. The topological polar surface area (TPSA) is 102 Å². The number of aliphatic hydroxyl groups is 1. The predicted molar refractivity (Wildman–Crippen MR) is 167 cm³/mol. The highest BCUT2D eigenvalue weighted by atomic mass is 35.5. The van der Waals surface area contributed by atoms with Crippen LogP contribution in [0.5, 0.6) is 11.5 Å². The molecule has 1 amide bonds. The van der Waals surface area contributed by atoms with Crippen LogP contribution in [0.1, 0.15) is 32.6 Å². The smallest absolute Gasteiger partial charge is 0.252 e. The third-order valence-electron chi connectivity index (χ3n) is 7.24. The van der Waals surface area contributed by atoms with Crippen molar-refractivity contribution in [3.8, 4) is 22.6 Å². The predicted octanol–water partition coefficient (Wildman–Crippen LogP) is 6.16. The van der Waals surface area contributed by atoms with Gasteiger partial charge in [0.25, 0.3) is 5.91 Å². The largest absolute Gasteiger partial charge is 0.511 e. The van der Waals surface area contributed by atoms with Gasteiger partial charge < -0.3 is 30.0 Å². The lowest BCUT2D eigenvalue weighted by Crippen LogP contribution is -2.36. The number of amides is 1. The number of fused-ring (bicyclic) bond motifs is 3. The van der Waals surface area contributed by atoms with E-state index >= 15 is 0 Å². The first-order valence-corrected chi connectivity index (χ1v) is 14.4. The number of benzene rings is 3. The average Bonchev–Trinajstić information content (AvgIpc) is 3.01. The molecule has 5 rings (SSSR count). The number of carbonyl (C=O) groups excluding carboxylic acids is 1. The number of rotatable bonds is 5. The fraction of sp³-hybridized carbons (Fsp3) is 0.235. The Morgan fingerprint density at radius 2 is 1.95 bits per heavy atom. The van der Waals surface area contributed by atoms with Crippen LogP contribution in [0.15, 0.2) is 91.5 Å². The third kappa shape index (κ3) is 7.73. The van der Waals surface area contributed by atoms with Gasteiger partial charge >= 0.3 is 0 Å². The third-order valence-corrected chi connectivity index (χ3v) is 7.53. The summed E-state index contributed by atoms with van der Waals surface area (Å²) in [6, 6.07) is 21.2. The Bertz CT molecular complexity index is 1590. The van der Waals surface area contributed by atoms with Crippen molar-refractivity contribution in [1.29, 1.82) is 0 Å². The first-order valence-electron chi connectivity index (χ1n) is 14.0. The minimum absolute atomic E-state index is 0.0622. The van der Waals surface area contributed by atoms with E-state index in [1.165, 1.54) is 6.20 Å². The van der Waals surface area contributed by atoms with E-state index in [0.717, 1.165) is 33.4 Å². The van der Waals surface area contributed by atoms with Gasteiger partial charge in [-0.2, -0.15) is 0 Å². The summed E-state index contributed by atoms with van der Waals surface area (Å²) in [5, 5.41) is 16.6. The summed E-state index contributed by atoms with van der Waals surface area (Å²) in [6.45, 7) is 7.29. The van der Waals surface area contributed by atoms with Gasteiger partial charge in [-0.3, -0.25) is 9.78 Å². The minimum atomic E-state index is -0.539. The number of nitrogens with one attached hydrogen (secondary N) is 2. The van der Waals surface area contributed by atoms with E-state index in [0.29, 0.717) is 41.8 Å². The molecule has 3 N–H and O–H groups in total.